The van der Waals surface area contributed by atoms with Crippen LogP contribution in [0.5, 0.6) is 0 Å². The fourth-order valence-corrected chi connectivity index (χ4v) is 3.51. The molecule has 0 aromatic heterocycles. The summed E-state index contributed by atoms with van der Waals surface area (Å²) in [4.78, 5) is 2.76. The van der Waals surface area contributed by atoms with Gasteiger partial charge in [-0.1, -0.05) is 26.2 Å². The first-order chi connectivity index (χ1) is 8.94. The summed E-state index contributed by atoms with van der Waals surface area (Å²) in [5, 5.41) is 3.79. The second-order valence-corrected chi connectivity index (χ2v) is 7.96. The standard InChI is InChI=1S/C17H34N2/c1-5-19(15-9-10-15)14-17(11-7-6-8-12-17)13-18-16(2,3)4/h15,18H,5-14H2,1-4H3. The van der Waals surface area contributed by atoms with Crippen molar-refractivity contribution >= 4 is 0 Å². The highest BCUT2D eigenvalue weighted by molar-refractivity contribution is 4.93. The predicted molar refractivity (Wildman–Crippen MR) is 83.5 cm³/mol. The lowest BCUT2D eigenvalue weighted by Crippen LogP contribution is -2.50. The third-order valence-electron chi connectivity index (χ3n) is 4.92. The summed E-state index contributed by atoms with van der Waals surface area (Å²) in [5.41, 5.74) is 0.797. The molecule has 2 aliphatic carbocycles. The molecule has 1 N–H and O–H groups in total. The Morgan fingerprint density at radius 3 is 2.21 bits per heavy atom. The van der Waals surface area contributed by atoms with E-state index in [0.717, 1.165) is 6.04 Å². The Labute approximate surface area is 120 Å². The molecule has 0 saturated heterocycles. The molecule has 0 radical (unpaired) electrons. The molecule has 2 saturated carbocycles. The van der Waals surface area contributed by atoms with Gasteiger partial charge in [0.05, 0.1) is 0 Å². The van der Waals surface area contributed by atoms with Crippen LogP contribution in [-0.4, -0.2) is 36.1 Å². The summed E-state index contributed by atoms with van der Waals surface area (Å²) in [7, 11) is 0. The maximum absolute atomic E-state index is 3.79. The first-order valence-electron chi connectivity index (χ1n) is 8.43. The van der Waals surface area contributed by atoms with Crippen molar-refractivity contribution in [2.45, 2.75) is 84.2 Å². The second kappa shape index (κ2) is 6.13. The smallest absolute Gasteiger partial charge is 0.00967 e. The lowest BCUT2D eigenvalue weighted by molar-refractivity contribution is 0.0934. The lowest BCUT2D eigenvalue weighted by atomic mass is 9.73. The molecule has 2 fully saturated rings. The van der Waals surface area contributed by atoms with Gasteiger partial charge in [-0.15, -0.1) is 0 Å². The van der Waals surface area contributed by atoms with Gasteiger partial charge in [0.2, 0.25) is 0 Å². The normalized spacial score (nSPS) is 23.8. The van der Waals surface area contributed by atoms with Crippen LogP contribution < -0.4 is 5.32 Å². The minimum atomic E-state index is 0.251. The van der Waals surface area contributed by atoms with E-state index < -0.39 is 0 Å². The maximum atomic E-state index is 3.79. The Balaban J connectivity index is 1.96. The molecule has 0 atom stereocenters. The molecule has 112 valence electrons. The minimum absolute atomic E-state index is 0.251. The van der Waals surface area contributed by atoms with Crippen molar-refractivity contribution in [2.75, 3.05) is 19.6 Å². The lowest BCUT2D eigenvalue weighted by Gasteiger charge is -2.43. The number of nitrogens with zero attached hydrogens (tertiary/aromatic N) is 1. The quantitative estimate of drug-likeness (QED) is 0.786. The molecule has 0 bridgehead atoms. The van der Waals surface area contributed by atoms with Crippen LogP contribution in [-0.2, 0) is 0 Å². The highest BCUT2D eigenvalue weighted by Crippen LogP contribution is 2.39. The number of hydrogen-bond acceptors (Lipinski definition) is 2. The molecule has 0 aliphatic heterocycles. The van der Waals surface area contributed by atoms with Gasteiger partial charge in [0.25, 0.3) is 0 Å². The largest absolute Gasteiger partial charge is 0.311 e. The molecule has 0 heterocycles. The molecule has 0 unspecified atom stereocenters. The average Bonchev–Trinajstić information content (AvgIpc) is 3.19. The Morgan fingerprint density at radius 1 is 1.11 bits per heavy atom. The molecule has 19 heavy (non-hydrogen) atoms. The summed E-state index contributed by atoms with van der Waals surface area (Å²) in [5.74, 6) is 0. The van der Waals surface area contributed by atoms with E-state index in [1.807, 2.05) is 0 Å². The molecule has 2 aliphatic rings. The van der Waals surface area contributed by atoms with Crippen LogP contribution in [0.4, 0.5) is 0 Å². The topological polar surface area (TPSA) is 15.3 Å². The van der Waals surface area contributed by atoms with E-state index >= 15 is 0 Å². The van der Waals surface area contributed by atoms with Gasteiger partial charge in [-0.2, -0.15) is 0 Å². The number of nitrogens with one attached hydrogen (secondary N) is 1. The Morgan fingerprint density at radius 2 is 1.74 bits per heavy atom. The number of rotatable bonds is 6. The van der Waals surface area contributed by atoms with Crippen LogP contribution in [0.3, 0.4) is 0 Å². The van der Waals surface area contributed by atoms with Crippen molar-refractivity contribution in [2.24, 2.45) is 5.41 Å². The van der Waals surface area contributed by atoms with Crippen LogP contribution in [0.15, 0.2) is 0 Å². The zero-order chi connectivity index (χ0) is 13.9. The molecule has 0 amide bonds. The molecular formula is C17H34N2. The van der Waals surface area contributed by atoms with Gasteiger partial charge in [0.1, 0.15) is 0 Å². The van der Waals surface area contributed by atoms with Crippen LogP contribution >= 0.6 is 0 Å². The van der Waals surface area contributed by atoms with Crippen molar-refractivity contribution in [1.29, 1.82) is 0 Å². The van der Waals surface area contributed by atoms with Crippen molar-refractivity contribution in [3.05, 3.63) is 0 Å². The molecule has 0 aromatic carbocycles. The first kappa shape index (κ1) is 15.3. The summed E-state index contributed by atoms with van der Waals surface area (Å²) >= 11 is 0. The van der Waals surface area contributed by atoms with Gasteiger partial charge < -0.3 is 10.2 Å². The van der Waals surface area contributed by atoms with Gasteiger partial charge in [-0.05, 0) is 58.4 Å². The van der Waals surface area contributed by atoms with Crippen LogP contribution in [0.25, 0.3) is 0 Å². The fraction of sp³-hybridized carbons (Fsp3) is 1.00. The minimum Gasteiger partial charge on any atom is -0.311 e. The van der Waals surface area contributed by atoms with Gasteiger partial charge in [0.15, 0.2) is 0 Å². The van der Waals surface area contributed by atoms with E-state index in [1.165, 1.54) is 64.6 Å². The summed E-state index contributed by atoms with van der Waals surface area (Å²) in [6, 6.07) is 0.915. The van der Waals surface area contributed by atoms with Gasteiger partial charge >= 0.3 is 0 Å². The Hall–Kier alpha value is -0.0800. The van der Waals surface area contributed by atoms with Crippen molar-refractivity contribution < 1.29 is 0 Å². The van der Waals surface area contributed by atoms with Gasteiger partial charge in [0, 0.05) is 24.7 Å². The first-order valence-corrected chi connectivity index (χ1v) is 8.43. The van der Waals surface area contributed by atoms with Gasteiger partial charge in [-0.25, -0.2) is 0 Å². The Bertz CT molecular complexity index is 269. The third-order valence-corrected chi connectivity index (χ3v) is 4.92. The van der Waals surface area contributed by atoms with E-state index in [9.17, 15) is 0 Å². The Kier molecular flexibility index (Phi) is 4.94. The van der Waals surface area contributed by atoms with Crippen molar-refractivity contribution in [1.82, 2.24) is 10.2 Å². The average molecular weight is 266 g/mol. The summed E-state index contributed by atoms with van der Waals surface area (Å²) in [6.07, 6.45) is 10.1. The molecule has 0 aromatic rings. The fourth-order valence-electron chi connectivity index (χ4n) is 3.51. The SMILES string of the molecule is CCN(CC1(CNC(C)(C)C)CCCCC1)C1CC1. The monoisotopic (exact) mass is 266 g/mol. The zero-order valence-corrected chi connectivity index (χ0v) is 13.6. The predicted octanol–water partition coefficient (Wildman–Crippen LogP) is 3.81. The maximum Gasteiger partial charge on any atom is 0.00967 e. The van der Waals surface area contributed by atoms with Crippen LogP contribution in [0.2, 0.25) is 0 Å². The van der Waals surface area contributed by atoms with E-state index in [0.29, 0.717) is 5.41 Å². The number of hydrogen-bond donors (Lipinski definition) is 1. The van der Waals surface area contributed by atoms with E-state index in [2.05, 4.69) is 37.9 Å². The molecule has 2 rings (SSSR count). The molecular weight excluding hydrogens is 232 g/mol. The van der Waals surface area contributed by atoms with Gasteiger partial charge in [-0.3, -0.25) is 0 Å². The van der Waals surface area contributed by atoms with Crippen molar-refractivity contribution in [3.63, 3.8) is 0 Å². The zero-order valence-electron chi connectivity index (χ0n) is 13.6. The van der Waals surface area contributed by atoms with Crippen LogP contribution in [0, 0.1) is 5.41 Å². The summed E-state index contributed by atoms with van der Waals surface area (Å²) < 4.78 is 0. The second-order valence-electron chi connectivity index (χ2n) is 7.96. The van der Waals surface area contributed by atoms with Crippen molar-refractivity contribution in [3.8, 4) is 0 Å². The third kappa shape index (κ3) is 4.75. The van der Waals surface area contributed by atoms with E-state index in [1.54, 1.807) is 0 Å². The summed E-state index contributed by atoms with van der Waals surface area (Å²) in [6.45, 7) is 13.0. The highest BCUT2D eigenvalue weighted by atomic mass is 15.2. The highest BCUT2D eigenvalue weighted by Gasteiger charge is 2.38. The molecule has 0 spiro atoms. The molecule has 2 heteroatoms. The van der Waals surface area contributed by atoms with Crippen LogP contribution in [0.1, 0.15) is 72.6 Å². The molecule has 2 nitrogen and oxygen atoms in total. The van der Waals surface area contributed by atoms with E-state index in [-0.39, 0.29) is 5.54 Å². The van der Waals surface area contributed by atoms with E-state index in [4.69, 9.17) is 0 Å².